The lowest BCUT2D eigenvalue weighted by Gasteiger charge is -2.31. The molecule has 6 heteroatoms. The van der Waals surface area contributed by atoms with Gasteiger partial charge < -0.3 is 15.0 Å². The molecule has 1 N–H and O–H groups in total. The second-order valence-corrected chi connectivity index (χ2v) is 5.35. The normalized spacial score (nSPS) is 15.3. The van der Waals surface area contributed by atoms with Gasteiger partial charge in [0.15, 0.2) is 0 Å². The monoisotopic (exact) mass is 330 g/mol. The van der Waals surface area contributed by atoms with Crippen molar-refractivity contribution in [2.24, 2.45) is 0 Å². The number of amides is 1. The van der Waals surface area contributed by atoms with Gasteiger partial charge in [-0.25, -0.2) is 4.39 Å². The molecule has 1 fully saturated rings. The van der Waals surface area contributed by atoms with Gasteiger partial charge in [0.2, 0.25) is 5.91 Å². The van der Waals surface area contributed by atoms with Gasteiger partial charge in [0.25, 0.3) is 0 Å². The number of nitrogens with zero attached hydrogens (tertiary/aromatic N) is 1. The summed E-state index contributed by atoms with van der Waals surface area (Å²) in [5.41, 5.74) is 0. The zero-order valence-corrected chi connectivity index (χ0v) is 13.7. The van der Waals surface area contributed by atoms with Crippen LogP contribution >= 0.6 is 12.4 Å². The van der Waals surface area contributed by atoms with Crippen molar-refractivity contribution < 1.29 is 13.9 Å². The van der Waals surface area contributed by atoms with Gasteiger partial charge in [-0.05, 0) is 50.6 Å². The molecule has 0 bridgehead atoms. The van der Waals surface area contributed by atoms with Crippen LogP contribution in [-0.2, 0) is 4.79 Å². The second kappa shape index (κ2) is 9.64. The van der Waals surface area contributed by atoms with Crippen LogP contribution in [0.4, 0.5) is 4.39 Å². The van der Waals surface area contributed by atoms with E-state index in [-0.39, 0.29) is 24.1 Å². The molecule has 22 heavy (non-hydrogen) atoms. The van der Waals surface area contributed by atoms with E-state index in [2.05, 4.69) is 5.32 Å². The van der Waals surface area contributed by atoms with E-state index in [9.17, 15) is 9.18 Å². The van der Waals surface area contributed by atoms with Crippen LogP contribution < -0.4 is 10.1 Å². The van der Waals surface area contributed by atoms with Crippen LogP contribution in [0.1, 0.15) is 25.7 Å². The number of benzene rings is 1. The Bertz CT molecular complexity index is 448. The third-order valence-corrected chi connectivity index (χ3v) is 3.87. The van der Waals surface area contributed by atoms with Crippen LogP contribution in [0.25, 0.3) is 0 Å². The van der Waals surface area contributed by atoms with Gasteiger partial charge in [-0.1, -0.05) is 0 Å². The summed E-state index contributed by atoms with van der Waals surface area (Å²) < 4.78 is 18.2. The third kappa shape index (κ3) is 5.81. The van der Waals surface area contributed by atoms with E-state index in [0.29, 0.717) is 31.2 Å². The highest BCUT2D eigenvalue weighted by Crippen LogP contribution is 2.13. The lowest BCUT2D eigenvalue weighted by molar-refractivity contribution is -0.132. The molecule has 1 saturated heterocycles. The van der Waals surface area contributed by atoms with Gasteiger partial charge in [0.05, 0.1) is 6.61 Å². The zero-order chi connectivity index (χ0) is 15.1. The fraction of sp³-hybridized carbons (Fsp3) is 0.562. The molecule has 0 aromatic heterocycles. The van der Waals surface area contributed by atoms with Crippen LogP contribution in [0.5, 0.6) is 5.75 Å². The van der Waals surface area contributed by atoms with E-state index in [0.717, 1.165) is 25.9 Å². The maximum Gasteiger partial charge on any atom is 0.222 e. The fourth-order valence-corrected chi connectivity index (χ4v) is 2.52. The molecule has 0 atom stereocenters. The third-order valence-electron chi connectivity index (χ3n) is 3.87. The number of likely N-dealkylation sites (tertiary alicyclic amines) is 1. The van der Waals surface area contributed by atoms with Crippen LogP contribution in [0, 0.1) is 5.82 Å². The van der Waals surface area contributed by atoms with Crippen LogP contribution in [0.3, 0.4) is 0 Å². The number of nitrogens with one attached hydrogen (secondary N) is 1. The molecule has 0 aliphatic carbocycles. The minimum Gasteiger partial charge on any atom is -0.494 e. The van der Waals surface area contributed by atoms with Gasteiger partial charge in [0.1, 0.15) is 11.6 Å². The molecular weight excluding hydrogens is 307 g/mol. The number of piperidine rings is 1. The summed E-state index contributed by atoms with van der Waals surface area (Å²) in [5, 5.41) is 3.25. The van der Waals surface area contributed by atoms with Crippen LogP contribution in [0.2, 0.25) is 0 Å². The number of ether oxygens (including phenoxy) is 1. The molecule has 1 aromatic rings. The van der Waals surface area contributed by atoms with Crippen molar-refractivity contribution in [3.05, 3.63) is 30.1 Å². The molecule has 0 spiro atoms. The number of rotatable bonds is 6. The Hall–Kier alpha value is -1.33. The Balaban J connectivity index is 0.00000242. The first-order chi connectivity index (χ1) is 10.2. The van der Waals surface area contributed by atoms with E-state index in [1.165, 1.54) is 12.1 Å². The summed E-state index contributed by atoms with van der Waals surface area (Å²) in [6.07, 6.45) is 3.23. The molecule has 4 nitrogen and oxygen atoms in total. The summed E-state index contributed by atoms with van der Waals surface area (Å²) in [4.78, 5) is 14.0. The summed E-state index contributed by atoms with van der Waals surface area (Å²) in [5.74, 6) is 0.563. The van der Waals surface area contributed by atoms with E-state index >= 15 is 0 Å². The highest BCUT2D eigenvalue weighted by molar-refractivity contribution is 5.85. The lowest BCUT2D eigenvalue weighted by Crippen LogP contribution is -2.43. The average Bonchev–Trinajstić information content (AvgIpc) is 2.53. The molecule has 1 aliphatic heterocycles. The van der Waals surface area contributed by atoms with E-state index in [1.54, 1.807) is 12.1 Å². The van der Waals surface area contributed by atoms with Crippen LogP contribution in [0.15, 0.2) is 24.3 Å². The first-order valence-electron chi connectivity index (χ1n) is 7.52. The highest BCUT2D eigenvalue weighted by Gasteiger charge is 2.21. The van der Waals surface area contributed by atoms with Crippen molar-refractivity contribution in [3.63, 3.8) is 0 Å². The summed E-state index contributed by atoms with van der Waals surface area (Å²) >= 11 is 0. The van der Waals surface area contributed by atoms with Gasteiger partial charge in [-0.2, -0.15) is 0 Å². The lowest BCUT2D eigenvalue weighted by atomic mass is 10.0. The largest absolute Gasteiger partial charge is 0.494 e. The minimum absolute atomic E-state index is 0. The molecule has 0 radical (unpaired) electrons. The number of hydrogen-bond acceptors (Lipinski definition) is 3. The predicted octanol–water partition coefficient (Wildman–Crippen LogP) is 2.62. The topological polar surface area (TPSA) is 41.6 Å². The van der Waals surface area contributed by atoms with Gasteiger partial charge in [-0.3, -0.25) is 4.79 Å². The summed E-state index contributed by atoms with van der Waals surface area (Å²) in [6.45, 7) is 2.15. The number of carbonyl (C=O) groups is 1. The second-order valence-electron chi connectivity index (χ2n) is 5.35. The van der Waals surface area contributed by atoms with E-state index < -0.39 is 0 Å². The molecule has 124 valence electrons. The smallest absolute Gasteiger partial charge is 0.222 e. The van der Waals surface area contributed by atoms with Crippen molar-refractivity contribution in [1.29, 1.82) is 0 Å². The number of carbonyl (C=O) groups excluding carboxylic acids is 1. The zero-order valence-electron chi connectivity index (χ0n) is 12.9. The number of halogens is 2. The SMILES string of the molecule is CNC1CCN(C(=O)CCCOc2ccc(F)cc2)CC1.Cl. The van der Waals surface area contributed by atoms with Crippen molar-refractivity contribution >= 4 is 18.3 Å². The van der Waals surface area contributed by atoms with Crippen LogP contribution in [-0.4, -0.2) is 43.6 Å². The molecule has 1 amide bonds. The van der Waals surface area contributed by atoms with Crippen molar-refractivity contribution in [3.8, 4) is 5.75 Å². The Kier molecular flexibility index (Phi) is 8.20. The minimum atomic E-state index is -0.275. The van der Waals surface area contributed by atoms with Crippen molar-refractivity contribution in [2.75, 3.05) is 26.7 Å². The maximum atomic E-state index is 12.7. The number of hydrogen-bond donors (Lipinski definition) is 1. The standard InChI is InChI=1S/C16H23FN2O2.ClH/c1-18-14-8-10-19(11-9-14)16(20)3-2-12-21-15-6-4-13(17)5-7-15;/h4-7,14,18H,2-3,8-12H2,1H3;1H. The fourth-order valence-electron chi connectivity index (χ4n) is 2.52. The maximum absolute atomic E-state index is 12.7. The first-order valence-corrected chi connectivity index (χ1v) is 7.52. The predicted molar refractivity (Wildman–Crippen MR) is 87.0 cm³/mol. The van der Waals surface area contributed by atoms with Crippen molar-refractivity contribution in [2.45, 2.75) is 31.7 Å². The molecule has 1 aliphatic rings. The molecule has 1 aromatic carbocycles. The Morgan fingerprint density at radius 2 is 1.95 bits per heavy atom. The van der Waals surface area contributed by atoms with Gasteiger partial charge in [-0.15, -0.1) is 12.4 Å². The molecular formula is C16H24ClFN2O2. The Morgan fingerprint density at radius 1 is 1.32 bits per heavy atom. The Morgan fingerprint density at radius 3 is 2.55 bits per heavy atom. The van der Waals surface area contributed by atoms with Gasteiger partial charge in [0, 0.05) is 25.6 Å². The quantitative estimate of drug-likeness (QED) is 0.815. The van der Waals surface area contributed by atoms with Crippen molar-refractivity contribution in [1.82, 2.24) is 10.2 Å². The average molecular weight is 331 g/mol. The molecule has 1 heterocycles. The first kappa shape index (κ1) is 18.7. The molecule has 0 saturated carbocycles. The molecule has 2 rings (SSSR count). The molecule has 0 unspecified atom stereocenters. The van der Waals surface area contributed by atoms with Gasteiger partial charge >= 0.3 is 0 Å². The van der Waals surface area contributed by atoms with E-state index in [1.807, 2.05) is 11.9 Å². The Labute approximate surface area is 137 Å². The van der Waals surface area contributed by atoms with E-state index in [4.69, 9.17) is 4.74 Å². The summed E-state index contributed by atoms with van der Waals surface area (Å²) in [6, 6.07) is 6.47. The summed E-state index contributed by atoms with van der Waals surface area (Å²) in [7, 11) is 1.97. The highest BCUT2D eigenvalue weighted by atomic mass is 35.5.